The zero-order chi connectivity index (χ0) is 33.1. The van der Waals surface area contributed by atoms with Gasteiger partial charge in [-0.1, -0.05) is 0 Å². The maximum Gasteiger partial charge on any atom is 0.423 e. The molecule has 0 aliphatic heterocycles. The number of nitrogens with one attached hydrogen (secondary N) is 1. The van der Waals surface area contributed by atoms with Crippen molar-refractivity contribution in [2.45, 2.75) is 38.2 Å². The number of carbonyl (C=O) groups excluding carboxylic acids is 1. The van der Waals surface area contributed by atoms with Gasteiger partial charge in [0.05, 0.1) is 29.7 Å². The topological polar surface area (TPSA) is 114 Å². The molecule has 0 amide bonds. The molecule has 44 heavy (non-hydrogen) atoms. The van der Waals surface area contributed by atoms with Crippen LogP contribution in [0.15, 0.2) is 47.7 Å². The second-order valence-corrected chi connectivity index (χ2v) is 9.02. The van der Waals surface area contributed by atoms with Crippen LogP contribution in [0.2, 0.25) is 0 Å². The summed E-state index contributed by atoms with van der Waals surface area (Å²) in [6.07, 6.45) is -2.30. The van der Waals surface area contributed by atoms with Crippen molar-refractivity contribution in [3.05, 3.63) is 81.3 Å². The van der Waals surface area contributed by atoms with E-state index in [0.717, 1.165) is 30.8 Å². The summed E-state index contributed by atoms with van der Waals surface area (Å²) in [7, 11) is 1.77. The summed E-state index contributed by atoms with van der Waals surface area (Å²) < 4.78 is 116. The lowest BCUT2D eigenvalue weighted by Gasteiger charge is -2.14. The van der Waals surface area contributed by atoms with Crippen molar-refractivity contribution in [2.75, 3.05) is 25.9 Å². The molecule has 0 aliphatic rings. The summed E-state index contributed by atoms with van der Waals surface area (Å²) in [4.78, 5) is 27.4. The van der Waals surface area contributed by atoms with Crippen LogP contribution < -0.4 is 11.3 Å². The maximum absolute atomic E-state index is 14.4. The van der Waals surface area contributed by atoms with Crippen molar-refractivity contribution >= 4 is 18.0 Å². The highest BCUT2D eigenvalue weighted by atomic mass is 19.4. The van der Waals surface area contributed by atoms with Gasteiger partial charge in [-0.15, -0.1) is 0 Å². The molecule has 17 heteroatoms. The summed E-state index contributed by atoms with van der Waals surface area (Å²) in [6, 6.07) is 4.23. The Balaban J connectivity index is 0.000000469. The molecule has 2 heterocycles. The third kappa shape index (κ3) is 11.0. The van der Waals surface area contributed by atoms with Gasteiger partial charge in [-0.2, -0.15) is 40.2 Å². The number of aromatic nitrogens is 3. The number of benzene rings is 1. The van der Waals surface area contributed by atoms with Crippen LogP contribution in [0.5, 0.6) is 0 Å². The standard InChI is InChI=1S/C22H22F6N2O2.C5H4F3N3O/c1-30(8-3-2-4-10-32-21(24)25)9-7-15-11-18(19(23)12-16(15)14-31)20-6-5-17(13-29-20)22(26,27)28;6-5(7,8)3-2(9)1-10-11-4(3)12/h5-7,9,11-14,21H,2-4,8,10H2,1H3;1H,(H3,9,11,12)/b9-7-;. The van der Waals surface area contributed by atoms with Gasteiger partial charge in [0.2, 0.25) is 0 Å². The van der Waals surface area contributed by atoms with Crippen LogP contribution >= 0.6 is 0 Å². The molecule has 0 fully saturated rings. The third-order valence-corrected chi connectivity index (χ3v) is 5.74. The fraction of sp³-hybridized carbons (Fsp3) is 0.333. The van der Waals surface area contributed by atoms with E-state index in [1.54, 1.807) is 24.4 Å². The average molecular weight is 640 g/mol. The lowest BCUT2D eigenvalue weighted by Crippen LogP contribution is -2.24. The van der Waals surface area contributed by atoms with E-state index in [2.05, 4.69) is 14.8 Å². The molecule has 240 valence electrons. The van der Waals surface area contributed by atoms with Crippen molar-refractivity contribution < 1.29 is 49.0 Å². The molecule has 0 saturated carbocycles. The van der Waals surface area contributed by atoms with E-state index < -0.39 is 47.2 Å². The predicted octanol–water partition coefficient (Wildman–Crippen LogP) is 6.40. The van der Waals surface area contributed by atoms with Gasteiger partial charge in [0.1, 0.15) is 11.4 Å². The number of halogens is 9. The number of aldehydes is 1. The zero-order valence-corrected chi connectivity index (χ0v) is 22.9. The van der Waals surface area contributed by atoms with Crippen molar-refractivity contribution in [1.82, 2.24) is 20.1 Å². The average Bonchev–Trinajstić information content (AvgIpc) is 2.93. The summed E-state index contributed by atoms with van der Waals surface area (Å²) in [5.74, 6) is -0.782. The van der Waals surface area contributed by atoms with E-state index in [0.29, 0.717) is 37.4 Å². The van der Waals surface area contributed by atoms with Crippen LogP contribution in [0.4, 0.5) is 45.2 Å². The molecule has 0 atom stereocenters. The predicted molar refractivity (Wildman–Crippen MR) is 142 cm³/mol. The number of ether oxygens (including phenoxy) is 1. The van der Waals surface area contributed by atoms with Gasteiger partial charge in [0.25, 0.3) is 5.56 Å². The second-order valence-electron chi connectivity index (χ2n) is 9.02. The number of pyridine rings is 1. The second kappa shape index (κ2) is 15.9. The molecule has 0 unspecified atom stereocenters. The number of hydrogen-bond donors (Lipinski definition) is 2. The molecule has 0 radical (unpaired) electrons. The highest BCUT2D eigenvalue weighted by Gasteiger charge is 2.36. The van der Waals surface area contributed by atoms with Crippen LogP contribution in [0, 0.1) is 5.82 Å². The molecule has 1 aromatic carbocycles. The minimum absolute atomic E-state index is 0.00182. The normalized spacial score (nSPS) is 11.9. The van der Waals surface area contributed by atoms with Crippen molar-refractivity contribution in [2.24, 2.45) is 0 Å². The number of alkyl halides is 8. The van der Waals surface area contributed by atoms with E-state index in [-0.39, 0.29) is 23.4 Å². The molecule has 0 saturated heterocycles. The fourth-order valence-electron chi connectivity index (χ4n) is 3.57. The van der Waals surface area contributed by atoms with Gasteiger partial charge >= 0.3 is 19.0 Å². The molecule has 0 bridgehead atoms. The van der Waals surface area contributed by atoms with Gasteiger partial charge in [-0.3, -0.25) is 14.6 Å². The van der Waals surface area contributed by atoms with Crippen LogP contribution in [0.25, 0.3) is 17.3 Å². The first-order valence-electron chi connectivity index (χ1n) is 12.6. The number of aromatic amines is 1. The Morgan fingerprint density at radius 3 is 2.25 bits per heavy atom. The minimum atomic E-state index is -4.74. The summed E-state index contributed by atoms with van der Waals surface area (Å²) in [5.41, 5.74) is 0.956. The van der Waals surface area contributed by atoms with Gasteiger partial charge in [-0.05, 0) is 61.4 Å². The van der Waals surface area contributed by atoms with E-state index in [1.165, 1.54) is 6.07 Å². The summed E-state index contributed by atoms with van der Waals surface area (Å²) in [5, 5.41) is 4.74. The molecule has 0 aliphatic carbocycles. The maximum atomic E-state index is 14.4. The van der Waals surface area contributed by atoms with Crippen molar-refractivity contribution in [3.8, 4) is 11.3 Å². The van der Waals surface area contributed by atoms with Crippen molar-refractivity contribution in [3.63, 3.8) is 0 Å². The van der Waals surface area contributed by atoms with Gasteiger partial charge in [0.15, 0.2) is 6.29 Å². The van der Waals surface area contributed by atoms with E-state index >= 15 is 0 Å². The summed E-state index contributed by atoms with van der Waals surface area (Å²) in [6.45, 7) is -2.18. The van der Waals surface area contributed by atoms with Gasteiger partial charge in [0, 0.05) is 30.9 Å². The zero-order valence-electron chi connectivity index (χ0n) is 22.9. The van der Waals surface area contributed by atoms with Crippen LogP contribution in [-0.4, -0.2) is 53.2 Å². The Morgan fingerprint density at radius 2 is 1.73 bits per heavy atom. The molecule has 8 nitrogen and oxygen atoms in total. The first kappa shape index (κ1) is 35.8. The third-order valence-electron chi connectivity index (χ3n) is 5.74. The van der Waals surface area contributed by atoms with E-state index in [4.69, 9.17) is 5.73 Å². The molecule has 3 aromatic rings. The Labute approximate surface area is 244 Å². The number of rotatable bonds is 11. The number of nitrogens with two attached hydrogens (primary N) is 1. The molecule has 3 rings (SSSR count). The Morgan fingerprint density at radius 1 is 1.02 bits per heavy atom. The highest BCUT2D eigenvalue weighted by Crippen LogP contribution is 2.31. The molecular formula is C27H26F9N5O3. The molecular weight excluding hydrogens is 613 g/mol. The number of H-pyrrole nitrogens is 1. The number of carbonyl (C=O) groups is 1. The monoisotopic (exact) mass is 639 g/mol. The highest BCUT2D eigenvalue weighted by molar-refractivity contribution is 5.84. The fourth-order valence-corrected chi connectivity index (χ4v) is 3.57. The van der Waals surface area contributed by atoms with Crippen LogP contribution in [-0.2, 0) is 17.1 Å². The van der Waals surface area contributed by atoms with Gasteiger partial charge in [-0.25, -0.2) is 9.49 Å². The largest absolute Gasteiger partial charge is 0.423 e. The lowest BCUT2D eigenvalue weighted by molar-refractivity contribution is -0.138. The van der Waals surface area contributed by atoms with Crippen molar-refractivity contribution in [1.29, 1.82) is 0 Å². The molecule has 2 aromatic heterocycles. The number of nitrogen functional groups attached to an aromatic ring is 1. The van der Waals surface area contributed by atoms with Gasteiger partial charge < -0.3 is 15.4 Å². The SMILES string of the molecule is CN(/C=C\c1cc(-c2ccc(C(F)(F)F)cn2)c(F)cc1C=O)CCCCCOC(F)F.Nc1cn[nH]c(=O)c1C(F)(F)F. The first-order valence-corrected chi connectivity index (χ1v) is 12.6. The Bertz CT molecular complexity index is 1460. The van der Waals surface area contributed by atoms with Crippen LogP contribution in [0.3, 0.4) is 0 Å². The Hall–Kier alpha value is -4.41. The number of nitrogens with zero attached hydrogens (tertiary/aromatic N) is 3. The number of anilines is 1. The number of unbranched alkanes of at least 4 members (excludes halogenated alkanes) is 2. The molecule has 3 N–H and O–H groups in total. The quantitative estimate of drug-likeness (QED) is 0.142. The first-order chi connectivity index (χ1) is 20.5. The lowest BCUT2D eigenvalue weighted by atomic mass is 10.0. The Kier molecular flexibility index (Phi) is 12.9. The van der Waals surface area contributed by atoms with E-state index in [9.17, 15) is 49.1 Å². The van der Waals surface area contributed by atoms with E-state index in [1.807, 2.05) is 4.90 Å². The summed E-state index contributed by atoms with van der Waals surface area (Å²) >= 11 is 0. The minimum Gasteiger partial charge on any atom is -0.397 e. The molecule has 0 spiro atoms. The van der Waals surface area contributed by atoms with Crippen LogP contribution in [0.1, 0.15) is 46.3 Å². The smallest absolute Gasteiger partial charge is 0.397 e. The number of hydrogen-bond acceptors (Lipinski definition) is 7.